The van der Waals surface area contributed by atoms with Gasteiger partial charge in [0.25, 0.3) is 0 Å². The highest BCUT2D eigenvalue weighted by molar-refractivity contribution is 8.00. The van der Waals surface area contributed by atoms with Gasteiger partial charge < -0.3 is 5.11 Å². The lowest BCUT2D eigenvalue weighted by atomic mass is 10.1. The Hall–Kier alpha value is -0.960. The van der Waals surface area contributed by atoms with E-state index in [4.69, 9.17) is 0 Å². The molecule has 74 valence electrons. The maximum atomic E-state index is 11.2. The van der Waals surface area contributed by atoms with Crippen LogP contribution >= 0.6 is 11.8 Å². The van der Waals surface area contributed by atoms with E-state index in [1.807, 2.05) is 30.5 Å². The smallest absolute Gasteiger partial charge is 0.320 e. The van der Waals surface area contributed by atoms with Crippen LogP contribution in [0.3, 0.4) is 0 Å². The number of thioether (sulfide) groups is 1. The van der Waals surface area contributed by atoms with Gasteiger partial charge in [-0.05, 0) is 30.2 Å². The van der Waals surface area contributed by atoms with Crippen molar-refractivity contribution in [1.29, 1.82) is 0 Å². The summed E-state index contributed by atoms with van der Waals surface area (Å²) in [5.74, 6) is -0.693. The highest BCUT2D eigenvalue weighted by atomic mass is 32.2. The number of rotatable bonds is 2. The molecule has 14 heavy (non-hydrogen) atoms. The number of carboxylic acid groups (broad SMARTS) is 1. The summed E-state index contributed by atoms with van der Waals surface area (Å²) in [5, 5.41) is 9.22. The summed E-state index contributed by atoms with van der Waals surface area (Å²) in [6.07, 6.45) is 3.18. The topological polar surface area (TPSA) is 37.3 Å². The fourth-order valence-corrected chi connectivity index (χ4v) is 2.74. The molecule has 0 unspecified atom stereocenters. The zero-order valence-corrected chi connectivity index (χ0v) is 8.80. The molecule has 0 atom stereocenters. The van der Waals surface area contributed by atoms with E-state index < -0.39 is 10.7 Å². The van der Waals surface area contributed by atoms with Crippen molar-refractivity contribution in [3.8, 4) is 0 Å². The molecule has 0 saturated carbocycles. The van der Waals surface area contributed by atoms with Crippen molar-refractivity contribution >= 4 is 17.7 Å². The van der Waals surface area contributed by atoms with Crippen LogP contribution in [0.2, 0.25) is 0 Å². The Bertz CT molecular complexity index is 348. The number of aliphatic carboxylic acids is 1. The molecule has 0 amide bonds. The molecule has 2 rings (SSSR count). The van der Waals surface area contributed by atoms with E-state index in [0.29, 0.717) is 12.8 Å². The summed E-state index contributed by atoms with van der Waals surface area (Å²) in [5.41, 5.74) is 2.37. The van der Waals surface area contributed by atoms with Gasteiger partial charge in [-0.1, -0.05) is 24.3 Å². The molecule has 0 saturated heterocycles. The lowest BCUT2D eigenvalue weighted by Crippen LogP contribution is -2.35. The predicted molar refractivity (Wildman–Crippen MR) is 57.7 cm³/mol. The first-order valence-corrected chi connectivity index (χ1v) is 5.76. The van der Waals surface area contributed by atoms with E-state index in [1.165, 1.54) is 22.9 Å². The number of carbonyl (C=O) groups is 1. The fraction of sp³-hybridized carbons (Fsp3) is 0.364. The van der Waals surface area contributed by atoms with E-state index in [-0.39, 0.29) is 0 Å². The van der Waals surface area contributed by atoms with Gasteiger partial charge in [-0.3, -0.25) is 4.79 Å². The Morgan fingerprint density at radius 1 is 1.36 bits per heavy atom. The third-order valence-corrected chi connectivity index (χ3v) is 4.10. The molecule has 1 aromatic carbocycles. The second kappa shape index (κ2) is 3.31. The van der Waals surface area contributed by atoms with Crippen molar-refractivity contribution in [2.45, 2.75) is 17.6 Å². The number of fused-ring (bicyclic) bond motifs is 1. The van der Waals surface area contributed by atoms with Crippen molar-refractivity contribution in [2.75, 3.05) is 6.26 Å². The van der Waals surface area contributed by atoms with Crippen molar-refractivity contribution in [1.82, 2.24) is 0 Å². The first-order valence-electron chi connectivity index (χ1n) is 4.53. The standard InChI is InChI=1S/C11H12O2S/c1-14-11(10(12)13)6-8-4-2-3-5-9(8)7-11/h2-5H,6-7H2,1H3,(H,12,13). The van der Waals surface area contributed by atoms with Crippen LogP contribution in [0.1, 0.15) is 11.1 Å². The molecular formula is C11H12O2S. The summed E-state index contributed by atoms with van der Waals surface area (Å²) in [7, 11) is 0. The highest BCUT2D eigenvalue weighted by Crippen LogP contribution is 2.39. The summed E-state index contributed by atoms with van der Waals surface area (Å²) in [6, 6.07) is 7.99. The van der Waals surface area contributed by atoms with E-state index in [9.17, 15) is 9.90 Å². The van der Waals surface area contributed by atoms with Crippen molar-refractivity contribution in [3.63, 3.8) is 0 Å². The Morgan fingerprint density at radius 2 is 1.86 bits per heavy atom. The maximum absolute atomic E-state index is 11.2. The fourth-order valence-electron chi connectivity index (χ4n) is 1.96. The van der Waals surface area contributed by atoms with E-state index in [2.05, 4.69) is 0 Å². The number of benzene rings is 1. The first kappa shape index (κ1) is 9.59. The largest absolute Gasteiger partial charge is 0.480 e. The highest BCUT2D eigenvalue weighted by Gasteiger charge is 2.43. The van der Waals surface area contributed by atoms with Gasteiger partial charge in [-0.2, -0.15) is 0 Å². The summed E-state index contributed by atoms with van der Waals surface area (Å²) in [4.78, 5) is 11.2. The molecule has 0 bridgehead atoms. The Kier molecular flexibility index (Phi) is 2.27. The predicted octanol–water partition coefficient (Wildman–Crippen LogP) is 1.97. The van der Waals surface area contributed by atoms with Crippen molar-refractivity contribution in [2.24, 2.45) is 0 Å². The molecule has 0 fully saturated rings. The second-order valence-corrected chi connectivity index (χ2v) is 4.82. The molecule has 0 spiro atoms. The van der Waals surface area contributed by atoms with Crippen molar-refractivity contribution < 1.29 is 9.90 Å². The SMILES string of the molecule is CSC1(C(=O)O)Cc2ccccc2C1. The summed E-state index contributed by atoms with van der Waals surface area (Å²) < 4.78 is -0.621. The lowest BCUT2D eigenvalue weighted by Gasteiger charge is -2.20. The molecule has 1 aliphatic rings. The Labute approximate surface area is 87.3 Å². The Balaban J connectivity index is 2.37. The second-order valence-electron chi connectivity index (χ2n) is 3.63. The zero-order chi connectivity index (χ0) is 10.2. The van der Waals surface area contributed by atoms with Gasteiger partial charge in [0.05, 0.1) is 0 Å². The van der Waals surface area contributed by atoms with Crippen LogP contribution in [0.15, 0.2) is 24.3 Å². The van der Waals surface area contributed by atoms with Crippen LogP contribution in [0.25, 0.3) is 0 Å². The number of carboxylic acids is 1. The van der Waals surface area contributed by atoms with Crippen LogP contribution < -0.4 is 0 Å². The average Bonchev–Trinajstić information content (AvgIpc) is 2.57. The molecule has 2 nitrogen and oxygen atoms in total. The molecular weight excluding hydrogens is 196 g/mol. The van der Waals surface area contributed by atoms with Crippen LogP contribution in [0.5, 0.6) is 0 Å². The normalized spacial score (nSPS) is 17.8. The minimum Gasteiger partial charge on any atom is -0.480 e. The van der Waals surface area contributed by atoms with Gasteiger partial charge in [-0.25, -0.2) is 0 Å². The zero-order valence-electron chi connectivity index (χ0n) is 7.99. The van der Waals surface area contributed by atoms with Crippen LogP contribution in [0, 0.1) is 0 Å². The Morgan fingerprint density at radius 3 is 2.21 bits per heavy atom. The van der Waals surface area contributed by atoms with Crippen LogP contribution in [-0.2, 0) is 17.6 Å². The average molecular weight is 208 g/mol. The monoisotopic (exact) mass is 208 g/mol. The first-order chi connectivity index (χ1) is 6.68. The molecule has 0 heterocycles. The molecule has 1 N–H and O–H groups in total. The van der Waals surface area contributed by atoms with E-state index >= 15 is 0 Å². The molecule has 0 radical (unpaired) electrons. The molecule has 1 aromatic rings. The van der Waals surface area contributed by atoms with Gasteiger partial charge in [0.15, 0.2) is 0 Å². The molecule has 0 aromatic heterocycles. The van der Waals surface area contributed by atoms with Gasteiger partial charge in [0.2, 0.25) is 0 Å². The van der Waals surface area contributed by atoms with E-state index in [1.54, 1.807) is 0 Å². The maximum Gasteiger partial charge on any atom is 0.320 e. The molecule has 3 heteroatoms. The minimum absolute atomic E-state index is 0.621. The van der Waals surface area contributed by atoms with Gasteiger partial charge in [0, 0.05) is 0 Å². The minimum atomic E-state index is -0.693. The lowest BCUT2D eigenvalue weighted by molar-refractivity contribution is -0.139. The molecule has 0 aliphatic heterocycles. The third-order valence-electron chi connectivity index (χ3n) is 2.85. The van der Waals surface area contributed by atoms with Gasteiger partial charge in [-0.15, -0.1) is 11.8 Å². The van der Waals surface area contributed by atoms with Crippen molar-refractivity contribution in [3.05, 3.63) is 35.4 Å². The number of hydrogen-bond donors (Lipinski definition) is 1. The van der Waals surface area contributed by atoms with Gasteiger partial charge in [0.1, 0.15) is 4.75 Å². The van der Waals surface area contributed by atoms with Gasteiger partial charge >= 0.3 is 5.97 Å². The molecule has 1 aliphatic carbocycles. The van der Waals surface area contributed by atoms with Crippen LogP contribution in [-0.4, -0.2) is 22.1 Å². The summed E-state index contributed by atoms with van der Waals surface area (Å²) >= 11 is 1.44. The van der Waals surface area contributed by atoms with Crippen LogP contribution in [0.4, 0.5) is 0 Å². The number of hydrogen-bond acceptors (Lipinski definition) is 2. The third kappa shape index (κ3) is 1.32. The van der Waals surface area contributed by atoms with E-state index in [0.717, 1.165) is 0 Å². The summed E-state index contributed by atoms with van der Waals surface area (Å²) in [6.45, 7) is 0. The quantitative estimate of drug-likeness (QED) is 0.807.